The Hall–Kier alpha value is -3.04. The van der Waals surface area contributed by atoms with E-state index < -0.39 is 11.9 Å². The fraction of sp³-hybridized carbons (Fsp3) is 0.0833. The number of aryl methyl sites for hydroxylation is 2. The summed E-state index contributed by atoms with van der Waals surface area (Å²) < 4.78 is 0. The van der Waals surface area contributed by atoms with Crippen molar-refractivity contribution >= 4 is 33.5 Å². The van der Waals surface area contributed by atoms with Crippen LogP contribution in [0.5, 0.6) is 0 Å². The van der Waals surface area contributed by atoms with E-state index in [4.69, 9.17) is 0 Å². The third-order valence-electron chi connectivity index (χ3n) is 4.72. The van der Waals surface area contributed by atoms with Crippen LogP contribution in [0.2, 0.25) is 0 Å². The number of carboxylic acids is 2. The van der Waals surface area contributed by atoms with Crippen LogP contribution in [0.4, 0.5) is 0 Å². The summed E-state index contributed by atoms with van der Waals surface area (Å²) in [5.74, 6) is -2.25. The Bertz CT molecular complexity index is 1100. The Morgan fingerprint density at radius 2 is 0.862 bits per heavy atom. The number of carbonyl (C=O) groups excluding carboxylic acids is 2. The zero-order chi connectivity index (χ0) is 20.3. The summed E-state index contributed by atoms with van der Waals surface area (Å²) in [4.78, 5) is 21.6. The Morgan fingerprint density at radius 1 is 0.552 bits per heavy atom. The molecule has 0 aliphatic carbocycles. The van der Waals surface area contributed by atoms with Crippen LogP contribution in [-0.4, -0.2) is 11.9 Å². The SMILES string of the molecule is Cc1cccc2c(C(=O)[O-])cccc12.Cc1cccc2c(C(=O)[O-])cccc12.[Zn+2]. The number of benzene rings is 4. The molecule has 4 rings (SSSR count). The number of carboxylic acid groups (broad SMARTS) is 2. The summed E-state index contributed by atoms with van der Waals surface area (Å²) in [5.41, 5.74) is 2.66. The molecule has 4 aromatic rings. The van der Waals surface area contributed by atoms with Crippen molar-refractivity contribution in [2.75, 3.05) is 0 Å². The van der Waals surface area contributed by atoms with Crippen LogP contribution in [0.25, 0.3) is 21.5 Å². The number of hydrogen-bond donors (Lipinski definition) is 0. The third kappa shape index (κ3) is 4.69. The minimum absolute atomic E-state index is 0. The molecule has 0 heterocycles. The first kappa shape index (κ1) is 22.3. The largest absolute Gasteiger partial charge is 2.00 e. The van der Waals surface area contributed by atoms with Gasteiger partial charge in [-0.1, -0.05) is 72.8 Å². The average Bonchev–Trinajstić information content (AvgIpc) is 2.68. The van der Waals surface area contributed by atoms with Crippen molar-refractivity contribution in [2.24, 2.45) is 0 Å². The fourth-order valence-corrected chi connectivity index (χ4v) is 3.29. The van der Waals surface area contributed by atoms with E-state index in [9.17, 15) is 19.8 Å². The molecule has 0 aliphatic heterocycles. The van der Waals surface area contributed by atoms with E-state index in [1.807, 2.05) is 50.2 Å². The van der Waals surface area contributed by atoms with Crippen LogP contribution >= 0.6 is 0 Å². The van der Waals surface area contributed by atoms with Gasteiger partial charge in [-0.2, -0.15) is 0 Å². The van der Waals surface area contributed by atoms with E-state index in [1.165, 1.54) is 0 Å². The van der Waals surface area contributed by atoms with Crippen molar-refractivity contribution in [3.8, 4) is 0 Å². The predicted octanol–water partition coefficient (Wildman–Crippen LogP) is 3.02. The second kappa shape index (κ2) is 9.44. The van der Waals surface area contributed by atoms with E-state index in [1.54, 1.807) is 36.4 Å². The van der Waals surface area contributed by atoms with E-state index in [0.29, 0.717) is 0 Å². The molecule has 0 spiro atoms. The molecule has 0 unspecified atom stereocenters. The predicted molar refractivity (Wildman–Crippen MR) is 106 cm³/mol. The molecular formula is C24H18O4Zn. The third-order valence-corrected chi connectivity index (χ3v) is 4.72. The van der Waals surface area contributed by atoms with Gasteiger partial charge in [-0.25, -0.2) is 0 Å². The molecule has 0 atom stereocenters. The van der Waals surface area contributed by atoms with Gasteiger partial charge in [-0.05, 0) is 46.5 Å². The molecule has 4 nitrogen and oxygen atoms in total. The van der Waals surface area contributed by atoms with Crippen LogP contribution < -0.4 is 10.2 Å². The Kier molecular flexibility index (Phi) is 7.25. The van der Waals surface area contributed by atoms with Crippen molar-refractivity contribution < 1.29 is 39.3 Å². The first-order chi connectivity index (χ1) is 13.4. The summed E-state index contributed by atoms with van der Waals surface area (Å²) in [7, 11) is 0. The maximum absolute atomic E-state index is 10.8. The van der Waals surface area contributed by atoms with Gasteiger partial charge in [0.2, 0.25) is 0 Å². The van der Waals surface area contributed by atoms with Gasteiger partial charge in [0, 0.05) is 11.1 Å². The molecule has 5 heteroatoms. The van der Waals surface area contributed by atoms with Crippen LogP contribution in [0, 0.1) is 13.8 Å². The normalized spacial score (nSPS) is 10.0. The minimum Gasteiger partial charge on any atom is -0.545 e. The molecule has 0 bridgehead atoms. The van der Waals surface area contributed by atoms with Crippen LogP contribution in [0.1, 0.15) is 31.8 Å². The number of rotatable bonds is 2. The molecule has 0 N–H and O–H groups in total. The molecule has 0 radical (unpaired) electrons. The summed E-state index contributed by atoms with van der Waals surface area (Å²) in [6.45, 7) is 3.92. The topological polar surface area (TPSA) is 80.3 Å². The second-order valence-corrected chi connectivity index (χ2v) is 6.53. The average molecular weight is 436 g/mol. The van der Waals surface area contributed by atoms with E-state index in [0.717, 1.165) is 32.7 Å². The smallest absolute Gasteiger partial charge is 0.545 e. The molecule has 0 aliphatic rings. The van der Waals surface area contributed by atoms with Gasteiger partial charge in [0.25, 0.3) is 0 Å². The van der Waals surface area contributed by atoms with Gasteiger partial charge in [0.05, 0.1) is 11.9 Å². The molecule has 0 fully saturated rings. The van der Waals surface area contributed by atoms with E-state index in [2.05, 4.69) is 0 Å². The summed E-state index contributed by atoms with van der Waals surface area (Å²) in [5, 5.41) is 25.1. The fourth-order valence-electron chi connectivity index (χ4n) is 3.29. The van der Waals surface area contributed by atoms with Crippen LogP contribution in [0.15, 0.2) is 72.8 Å². The van der Waals surface area contributed by atoms with Crippen molar-refractivity contribution in [2.45, 2.75) is 13.8 Å². The van der Waals surface area contributed by atoms with Gasteiger partial charge in [-0.15, -0.1) is 0 Å². The maximum Gasteiger partial charge on any atom is 2.00 e. The van der Waals surface area contributed by atoms with Crippen molar-refractivity contribution in [1.82, 2.24) is 0 Å². The standard InChI is InChI=1S/2C12H10O2.Zn/c2*1-8-4-2-6-10-9(8)5-3-7-11(10)12(13)14;/h2*2-7H,1H3,(H,13,14);/q;;+2/p-2. The Labute approximate surface area is 181 Å². The van der Waals surface area contributed by atoms with Crippen molar-refractivity contribution in [3.63, 3.8) is 0 Å². The molecule has 0 amide bonds. The van der Waals surface area contributed by atoms with Gasteiger partial charge in [0.15, 0.2) is 0 Å². The van der Waals surface area contributed by atoms with E-state index in [-0.39, 0.29) is 30.6 Å². The van der Waals surface area contributed by atoms with Gasteiger partial charge < -0.3 is 19.8 Å². The zero-order valence-electron chi connectivity index (χ0n) is 16.3. The van der Waals surface area contributed by atoms with Crippen molar-refractivity contribution in [1.29, 1.82) is 0 Å². The van der Waals surface area contributed by atoms with Gasteiger partial charge in [0.1, 0.15) is 0 Å². The maximum atomic E-state index is 10.8. The number of hydrogen-bond acceptors (Lipinski definition) is 4. The molecule has 0 saturated heterocycles. The molecule has 140 valence electrons. The number of aromatic carboxylic acids is 2. The zero-order valence-corrected chi connectivity index (χ0v) is 19.2. The quantitative estimate of drug-likeness (QED) is 0.453. The van der Waals surface area contributed by atoms with Crippen LogP contribution in [-0.2, 0) is 19.5 Å². The van der Waals surface area contributed by atoms with Crippen molar-refractivity contribution in [3.05, 3.63) is 95.1 Å². The van der Waals surface area contributed by atoms with E-state index >= 15 is 0 Å². The molecule has 0 aromatic heterocycles. The summed E-state index contributed by atoms with van der Waals surface area (Å²) >= 11 is 0. The number of carbonyl (C=O) groups is 2. The monoisotopic (exact) mass is 434 g/mol. The molecule has 4 aromatic carbocycles. The van der Waals surface area contributed by atoms with Crippen LogP contribution in [0.3, 0.4) is 0 Å². The first-order valence-corrected chi connectivity index (χ1v) is 8.79. The molecule has 29 heavy (non-hydrogen) atoms. The Balaban J connectivity index is 0.000000200. The minimum atomic E-state index is -1.12. The van der Waals surface area contributed by atoms with Gasteiger partial charge >= 0.3 is 19.5 Å². The molecular weight excluding hydrogens is 418 g/mol. The Morgan fingerprint density at radius 3 is 1.21 bits per heavy atom. The summed E-state index contributed by atoms with van der Waals surface area (Å²) in [6.07, 6.45) is 0. The second-order valence-electron chi connectivity index (χ2n) is 6.53. The summed E-state index contributed by atoms with van der Waals surface area (Å²) in [6, 6.07) is 21.7. The molecule has 0 saturated carbocycles. The first-order valence-electron chi connectivity index (χ1n) is 8.79. The van der Waals surface area contributed by atoms with Gasteiger partial charge in [-0.3, -0.25) is 0 Å². The number of fused-ring (bicyclic) bond motifs is 2.